The molecule has 0 aliphatic heterocycles. The number of nitrogens with one attached hydrogen (secondary N) is 1. The Morgan fingerprint density at radius 1 is 1.35 bits per heavy atom. The molecule has 1 heterocycles. The molecule has 1 aromatic rings. The average molecular weight is 302 g/mol. The smallest absolute Gasteiger partial charge is 0.0850 e. The van der Waals surface area contributed by atoms with E-state index in [4.69, 9.17) is 16.3 Å². The minimum absolute atomic E-state index is 0.430. The van der Waals surface area contributed by atoms with Crippen molar-refractivity contribution in [1.82, 2.24) is 15.1 Å². The molecule has 1 unspecified atom stereocenters. The van der Waals surface area contributed by atoms with Crippen molar-refractivity contribution in [2.45, 2.75) is 59.0 Å². The lowest BCUT2D eigenvalue weighted by atomic mass is 10.1. The maximum absolute atomic E-state index is 6.48. The van der Waals surface area contributed by atoms with Crippen molar-refractivity contribution in [3.8, 4) is 0 Å². The lowest BCUT2D eigenvalue weighted by molar-refractivity contribution is 0.188. The van der Waals surface area contributed by atoms with E-state index in [9.17, 15) is 0 Å². The number of aromatic nitrogens is 2. The average Bonchev–Trinajstić information content (AvgIpc) is 2.75. The first-order valence-electron chi connectivity index (χ1n) is 7.64. The molecule has 5 heteroatoms. The highest BCUT2D eigenvalue weighted by Gasteiger charge is 2.18. The van der Waals surface area contributed by atoms with Crippen LogP contribution in [0.4, 0.5) is 0 Å². The van der Waals surface area contributed by atoms with Crippen LogP contribution >= 0.6 is 11.6 Å². The maximum Gasteiger partial charge on any atom is 0.0850 e. The van der Waals surface area contributed by atoms with Crippen molar-refractivity contribution in [2.75, 3.05) is 20.3 Å². The number of rotatable bonds is 10. The quantitative estimate of drug-likeness (QED) is 0.675. The normalized spacial score (nSPS) is 12.8. The van der Waals surface area contributed by atoms with Crippen molar-refractivity contribution in [1.29, 1.82) is 0 Å². The predicted octanol–water partition coefficient (Wildman–Crippen LogP) is 3.07. The van der Waals surface area contributed by atoms with Crippen molar-refractivity contribution in [2.24, 2.45) is 0 Å². The summed E-state index contributed by atoms with van der Waals surface area (Å²) in [5.41, 5.74) is 2.17. The number of nitrogens with zero attached hydrogens (tertiary/aromatic N) is 2. The lowest BCUT2D eigenvalue weighted by Gasteiger charge is -2.18. The van der Waals surface area contributed by atoms with Crippen molar-refractivity contribution in [3.63, 3.8) is 0 Å². The second-order valence-corrected chi connectivity index (χ2v) is 5.35. The van der Waals surface area contributed by atoms with Gasteiger partial charge in [-0.15, -0.1) is 0 Å². The molecule has 0 aliphatic carbocycles. The molecule has 1 N–H and O–H groups in total. The van der Waals surface area contributed by atoms with Crippen LogP contribution in [0.2, 0.25) is 5.02 Å². The van der Waals surface area contributed by atoms with Crippen LogP contribution in [0.3, 0.4) is 0 Å². The molecule has 0 amide bonds. The van der Waals surface area contributed by atoms with Gasteiger partial charge in [-0.1, -0.05) is 25.4 Å². The largest absolute Gasteiger partial charge is 0.385 e. The topological polar surface area (TPSA) is 39.1 Å². The Morgan fingerprint density at radius 2 is 2.10 bits per heavy atom. The monoisotopic (exact) mass is 301 g/mol. The molecule has 0 aromatic carbocycles. The summed E-state index contributed by atoms with van der Waals surface area (Å²) in [6, 6.07) is 0.430. The van der Waals surface area contributed by atoms with Crippen LogP contribution in [0.5, 0.6) is 0 Å². The van der Waals surface area contributed by atoms with Crippen LogP contribution in [0, 0.1) is 0 Å². The predicted molar refractivity (Wildman–Crippen MR) is 84.6 cm³/mol. The molecule has 4 nitrogen and oxygen atoms in total. The third-order valence-corrected chi connectivity index (χ3v) is 3.96. The summed E-state index contributed by atoms with van der Waals surface area (Å²) in [4.78, 5) is 0. The van der Waals surface area contributed by atoms with Gasteiger partial charge in [-0.05, 0) is 32.7 Å². The summed E-state index contributed by atoms with van der Waals surface area (Å²) in [6.45, 7) is 8.99. The molecule has 116 valence electrons. The van der Waals surface area contributed by atoms with E-state index in [1.807, 2.05) is 4.68 Å². The molecule has 20 heavy (non-hydrogen) atoms. The summed E-state index contributed by atoms with van der Waals surface area (Å²) in [7, 11) is 1.75. The molecule has 0 fully saturated rings. The SMILES string of the molecule is CCNC(CCCOC)Cc1c(Cl)c(CC)nn1CC. The molecule has 1 aromatic heterocycles. The molecular weight excluding hydrogens is 274 g/mol. The molecule has 0 saturated heterocycles. The second kappa shape index (κ2) is 9.37. The van der Waals surface area contributed by atoms with Gasteiger partial charge >= 0.3 is 0 Å². The minimum Gasteiger partial charge on any atom is -0.385 e. The molecule has 0 bridgehead atoms. The molecule has 1 atom stereocenters. The van der Waals surface area contributed by atoms with Crippen molar-refractivity contribution in [3.05, 3.63) is 16.4 Å². The summed E-state index contributed by atoms with van der Waals surface area (Å²) < 4.78 is 7.18. The first kappa shape index (κ1) is 17.5. The fourth-order valence-corrected chi connectivity index (χ4v) is 2.83. The lowest BCUT2D eigenvalue weighted by Crippen LogP contribution is -2.32. The first-order chi connectivity index (χ1) is 9.67. The standard InChI is InChI=1S/C15H28ClN3O/c1-5-13-15(16)14(19(7-3)18-13)11-12(17-6-2)9-8-10-20-4/h12,17H,5-11H2,1-4H3. The zero-order valence-electron chi connectivity index (χ0n) is 13.2. The number of methoxy groups -OCH3 is 1. The molecular formula is C15H28ClN3O. The van der Waals surface area contributed by atoms with E-state index in [1.54, 1.807) is 7.11 Å². The molecule has 0 spiro atoms. The Bertz CT molecular complexity index is 393. The van der Waals surface area contributed by atoms with Gasteiger partial charge in [0.2, 0.25) is 0 Å². The molecule has 0 aliphatic rings. The Morgan fingerprint density at radius 3 is 2.65 bits per heavy atom. The third-order valence-electron chi connectivity index (χ3n) is 3.53. The first-order valence-corrected chi connectivity index (χ1v) is 8.01. The Hall–Kier alpha value is -0.580. The van der Waals surface area contributed by atoms with E-state index in [0.717, 1.165) is 61.8 Å². The van der Waals surface area contributed by atoms with Gasteiger partial charge in [0.1, 0.15) is 0 Å². The Balaban J connectivity index is 2.78. The summed E-state index contributed by atoms with van der Waals surface area (Å²) in [6.07, 6.45) is 3.96. The number of hydrogen-bond donors (Lipinski definition) is 1. The van der Waals surface area contributed by atoms with Gasteiger partial charge < -0.3 is 10.1 Å². The summed E-state index contributed by atoms with van der Waals surface area (Å²) in [5.74, 6) is 0. The number of halogens is 1. The number of aryl methyl sites for hydroxylation is 2. The van der Waals surface area contributed by atoms with E-state index in [2.05, 4.69) is 31.2 Å². The highest BCUT2D eigenvalue weighted by atomic mass is 35.5. The van der Waals surface area contributed by atoms with Crippen LogP contribution < -0.4 is 5.32 Å². The van der Waals surface area contributed by atoms with Gasteiger partial charge in [-0.25, -0.2) is 0 Å². The highest BCUT2D eigenvalue weighted by molar-refractivity contribution is 6.31. The second-order valence-electron chi connectivity index (χ2n) is 4.97. The van der Waals surface area contributed by atoms with Crippen molar-refractivity contribution >= 4 is 11.6 Å². The zero-order valence-corrected chi connectivity index (χ0v) is 14.0. The third kappa shape index (κ3) is 4.76. The van der Waals surface area contributed by atoms with Gasteiger partial charge in [0.15, 0.2) is 0 Å². The fourth-order valence-electron chi connectivity index (χ4n) is 2.48. The van der Waals surface area contributed by atoms with Gasteiger partial charge in [0, 0.05) is 32.7 Å². The maximum atomic E-state index is 6.48. The van der Waals surface area contributed by atoms with Crippen LogP contribution in [0.25, 0.3) is 0 Å². The van der Waals surface area contributed by atoms with Gasteiger partial charge in [0.05, 0.1) is 16.4 Å². The van der Waals surface area contributed by atoms with Crippen LogP contribution in [0.1, 0.15) is 45.0 Å². The van der Waals surface area contributed by atoms with Gasteiger partial charge in [-0.2, -0.15) is 5.10 Å². The fraction of sp³-hybridized carbons (Fsp3) is 0.800. The summed E-state index contributed by atoms with van der Waals surface area (Å²) in [5, 5.41) is 8.98. The molecule has 0 radical (unpaired) electrons. The molecule has 0 saturated carbocycles. The molecule has 1 rings (SSSR count). The Labute approximate surface area is 127 Å². The van der Waals surface area contributed by atoms with Gasteiger partial charge in [0.25, 0.3) is 0 Å². The van der Waals surface area contributed by atoms with Crippen LogP contribution in [-0.4, -0.2) is 36.1 Å². The Kier molecular flexibility index (Phi) is 8.19. The minimum atomic E-state index is 0.430. The van der Waals surface area contributed by atoms with Crippen molar-refractivity contribution < 1.29 is 4.74 Å². The highest BCUT2D eigenvalue weighted by Crippen LogP contribution is 2.23. The number of likely N-dealkylation sites (N-methyl/N-ethyl adjacent to an activating group) is 1. The zero-order chi connectivity index (χ0) is 15.0. The van der Waals surface area contributed by atoms with Crippen LogP contribution in [-0.2, 0) is 24.1 Å². The van der Waals surface area contributed by atoms with E-state index in [1.165, 1.54) is 0 Å². The van der Waals surface area contributed by atoms with E-state index in [0.29, 0.717) is 6.04 Å². The van der Waals surface area contributed by atoms with E-state index >= 15 is 0 Å². The number of ether oxygens (including phenoxy) is 1. The van der Waals surface area contributed by atoms with Crippen LogP contribution in [0.15, 0.2) is 0 Å². The number of hydrogen-bond acceptors (Lipinski definition) is 3. The van der Waals surface area contributed by atoms with E-state index < -0.39 is 0 Å². The van der Waals surface area contributed by atoms with Gasteiger partial charge in [-0.3, -0.25) is 4.68 Å². The van der Waals surface area contributed by atoms with E-state index in [-0.39, 0.29) is 0 Å². The summed E-state index contributed by atoms with van der Waals surface area (Å²) >= 11 is 6.48.